The number of halogens is 1. The fourth-order valence-electron chi connectivity index (χ4n) is 2.35. The third-order valence-corrected chi connectivity index (χ3v) is 3.84. The molecular weight excluding hydrogens is 302 g/mol. The summed E-state index contributed by atoms with van der Waals surface area (Å²) < 4.78 is 3.00. The maximum absolute atomic E-state index is 4.47. The van der Waals surface area contributed by atoms with Crippen molar-refractivity contribution >= 4 is 21.6 Å². The zero-order chi connectivity index (χ0) is 14.0. The minimum atomic E-state index is 0.805. The minimum Gasteiger partial charge on any atom is -0.380 e. The van der Waals surface area contributed by atoms with Gasteiger partial charge >= 0.3 is 0 Å². The lowest BCUT2D eigenvalue weighted by Crippen LogP contribution is -2.03. The van der Waals surface area contributed by atoms with Crippen LogP contribution >= 0.6 is 15.9 Å². The predicted molar refractivity (Wildman–Crippen MR) is 83.5 cm³/mol. The van der Waals surface area contributed by atoms with Crippen molar-refractivity contribution in [2.24, 2.45) is 7.05 Å². The molecule has 2 rings (SSSR count). The minimum absolute atomic E-state index is 0.805. The molecule has 0 aliphatic rings. The Morgan fingerprint density at radius 1 is 1.32 bits per heavy atom. The first-order valence-corrected chi connectivity index (χ1v) is 7.32. The van der Waals surface area contributed by atoms with Crippen LogP contribution < -0.4 is 5.32 Å². The molecule has 0 fully saturated rings. The van der Waals surface area contributed by atoms with Crippen LogP contribution in [0.3, 0.4) is 0 Å². The summed E-state index contributed by atoms with van der Waals surface area (Å²) in [6, 6.07) is 4.33. The van der Waals surface area contributed by atoms with Gasteiger partial charge in [-0.05, 0) is 53.4 Å². The molecule has 0 spiro atoms. The van der Waals surface area contributed by atoms with Crippen molar-refractivity contribution in [3.63, 3.8) is 0 Å². The Morgan fingerprint density at radius 2 is 2.05 bits per heavy atom. The molecule has 0 radical (unpaired) electrons. The molecule has 1 aromatic carbocycles. The highest BCUT2D eigenvalue weighted by Gasteiger charge is 2.08. The summed E-state index contributed by atoms with van der Waals surface area (Å²) in [4.78, 5) is 0. The van der Waals surface area contributed by atoms with Crippen molar-refractivity contribution in [2.45, 2.75) is 33.7 Å². The van der Waals surface area contributed by atoms with Crippen LogP contribution in [0.5, 0.6) is 0 Å². The summed E-state index contributed by atoms with van der Waals surface area (Å²) in [5.41, 5.74) is 6.11. The molecule has 0 saturated carbocycles. The number of rotatable bonds is 4. The van der Waals surface area contributed by atoms with Crippen LogP contribution in [0.1, 0.15) is 29.3 Å². The van der Waals surface area contributed by atoms with Crippen LogP contribution in [0.2, 0.25) is 0 Å². The third kappa shape index (κ3) is 3.18. The van der Waals surface area contributed by atoms with E-state index in [2.05, 4.69) is 65.4 Å². The van der Waals surface area contributed by atoms with E-state index in [4.69, 9.17) is 0 Å². The molecule has 0 bridgehead atoms. The topological polar surface area (TPSA) is 29.9 Å². The zero-order valence-electron chi connectivity index (χ0n) is 11.9. The van der Waals surface area contributed by atoms with Crippen LogP contribution in [0.4, 0.5) is 5.69 Å². The molecule has 0 aliphatic carbocycles. The molecule has 1 heterocycles. The van der Waals surface area contributed by atoms with Crippen molar-refractivity contribution in [1.82, 2.24) is 9.78 Å². The Morgan fingerprint density at radius 3 is 2.68 bits per heavy atom. The van der Waals surface area contributed by atoms with Gasteiger partial charge in [-0.3, -0.25) is 4.68 Å². The highest BCUT2D eigenvalue weighted by Crippen LogP contribution is 2.28. The van der Waals surface area contributed by atoms with E-state index < -0.39 is 0 Å². The maximum Gasteiger partial charge on any atom is 0.0671 e. The molecule has 0 aliphatic heterocycles. The Balaban J connectivity index is 2.19. The van der Waals surface area contributed by atoms with Crippen LogP contribution in [-0.4, -0.2) is 9.78 Å². The Hall–Kier alpha value is -1.29. The van der Waals surface area contributed by atoms with Crippen LogP contribution in [0.15, 0.2) is 22.8 Å². The van der Waals surface area contributed by atoms with Gasteiger partial charge < -0.3 is 5.32 Å². The molecule has 0 atom stereocenters. The van der Waals surface area contributed by atoms with E-state index >= 15 is 0 Å². The number of nitrogens with zero attached hydrogens (tertiary/aromatic N) is 2. The molecule has 3 nitrogen and oxygen atoms in total. The van der Waals surface area contributed by atoms with E-state index in [1.807, 2.05) is 11.7 Å². The molecule has 19 heavy (non-hydrogen) atoms. The molecule has 2 aromatic rings. The van der Waals surface area contributed by atoms with E-state index in [1.165, 1.54) is 16.7 Å². The van der Waals surface area contributed by atoms with Crippen molar-refractivity contribution < 1.29 is 0 Å². The van der Waals surface area contributed by atoms with E-state index in [0.29, 0.717) is 0 Å². The number of nitrogens with one attached hydrogen (secondary N) is 1. The van der Waals surface area contributed by atoms with E-state index in [1.54, 1.807) is 0 Å². The monoisotopic (exact) mass is 321 g/mol. The highest BCUT2D eigenvalue weighted by atomic mass is 79.9. The van der Waals surface area contributed by atoms with E-state index in [-0.39, 0.29) is 0 Å². The first-order valence-electron chi connectivity index (χ1n) is 6.53. The average Bonchev–Trinajstić information content (AvgIpc) is 2.68. The van der Waals surface area contributed by atoms with Crippen molar-refractivity contribution in [2.75, 3.05) is 5.32 Å². The summed E-state index contributed by atoms with van der Waals surface area (Å²) in [7, 11) is 1.97. The van der Waals surface area contributed by atoms with Gasteiger partial charge in [0.25, 0.3) is 0 Å². The number of benzene rings is 1. The lowest BCUT2D eigenvalue weighted by Gasteiger charge is -2.12. The number of hydrogen-bond acceptors (Lipinski definition) is 2. The van der Waals surface area contributed by atoms with Gasteiger partial charge in [-0.1, -0.05) is 13.0 Å². The van der Waals surface area contributed by atoms with Crippen LogP contribution in [0, 0.1) is 13.8 Å². The maximum atomic E-state index is 4.47. The van der Waals surface area contributed by atoms with E-state index in [0.717, 1.165) is 28.8 Å². The molecule has 0 saturated heterocycles. The largest absolute Gasteiger partial charge is 0.380 e. The number of aromatic nitrogens is 2. The van der Waals surface area contributed by atoms with Gasteiger partial charge in [-0.2, -0.15) is 5.10 Å². The molecule has 0 amide bonds. The number of hydrogen-bond donors (Lipinski definition) is 1. The van der Waals surface area contributed by atoms with Gasteiger partial charge in [-0.25, -0.2) is 0 Å². The number of anilines is 1. The second-order valence-corrected chi connectivity index (χ2v) is 5.77. The molecule has 0 unspecified atom stereocenters. The van der Waals surface area contributed by atoms with Gasteiger partial charge in [0.2, 0.25) is 0 Å². The third-order valence-electron chi connectivity index (χ3n) is 3.21. The summed E-state index contributed by atoms with van der Waals surface area (Å²) in [5, 5.41) is 7.98. The average molecular weight is 322 g/mol. The fraction of sp³-hybridized carbons (Fsp3) is 0.400. The predicted octanol–water partition coefficient (Wildman–Crippen LogP) is 3.97. The first kappa shape index (κ1) is 14.1. The first-order chi connectivity index (χ1) is 9.01. The summed E-state index contributed by atoms with van der Waals surface area (Å²) in [5.74, 6) is 0. The number of aryl methyl sites for hydroxylation is 4. The van der Waals surface area contributed by atoms with Gasteiger partial charge in [0.15, 0.2) is 0 Å². The Kier molecular flexibility index (Phi) is 4.30. The standard InChI is InChI=1S/C15H20BrN3/c1-5-14-12(9-19(4)18-14)8-17-15-11(3)6-10(2)7-13(15)16/h6-7,9,17H,5,8H2,1-4H3. The Bertz CT molecular complexity index is 564. The quantitative estimate of drug-likeness (QED) is 0.923. The lowest BCUT2D eigenvalue weighted by atomic mass is 10.1. The normalized spacial score (nSPS) is 10.8. The smallest absolute Gasteiger partial charge is 0.0671 e. The van der Waals surface area contributed by atoms with Crippen molar-refractivity contribution in [1.29, 1.82) is 0 Å². The fourth-order valence-corrected chi connectivity index (χ4v) is 3.17. The summed E-state index contributed by atoms with van der Waals surface area (Å²) in [6.07, 6.45) is 3.05. The van der Waals surface area contributed by atoms with Crippen molar-refractivity contribution in [3.05, 3.63) is 45.2 Å². The second kappa shape index (κ2) is 5.78. The van der Waals surface area contributed by atoms with Gasteiger partial charge in [-0.15, -0.1) is 0 Å². The molecule has 1 N–H and O–H groups in total. The Labute approximate surface area is 123 Å². The summed E-state index contributed by atoms with van der Waals surface area (Å²) in [6.45, 7) is 7.18. The molecule has 4 heteroatoms. The molecular formula is C15H20BrN3. The van der Waals surface area contributed by atoms with Gasteiger partial charge in [0, 0.05) is 29.8 Å². The lowest BCUT2D eigenvalue weighted by molar-refractivity contribution is 0.746. The SMILES string of the molecule is CCc1nn(C)cc1CNc1c(C)cc(C)cc1Br. The van der Waals surface area contributed by atoms with Gasteiger partial charge in [0.1, 0.15) is 0 Å². The van der Waals surface area contributed by atoms with Gasteiger partial charge in [0.05, 0.1) is 11.4 Å². The van der Waals surface area contributed by atoms with Crippen molar-refractivity contribution in [3.8, 4) is 0 Å². The highest BCUT2D eigenvalue weighted by molar-refractivity contribution is 9.10. The zero-order valence-corrected chi connectivity index (χ0v) is 13.5. The molecule has 1 aromatic heterocycles. The van der Waals surface area contributed by atoms with Crippen LogP contribution in [0.25, 0.3) is 0 Å². The molecule has 102 valence electrons. The van der Waals surface area contributed by atoms with Crippen LogP contribution in [-0.2, 0) is 20.0 Å². The summed E-state index contributed by atoms with van der Waals surface area (Å²) >= 11 is 3.63. The second-order valence-electron chi connectivity index (χ2n) is 4.92. The van der Waals surface area contributed by atoms with E-state index in [9.17, 15) is 0 Å².